The molecule has 10 heteroatoms. The van der Waals surface area contributed by atoms with Gasteiger partial charge in [-0.15, -0.1) is 13.2 Å². The highest BCUT2D eigenvalue weighted by molar-refractivity contribution is 5.45. The van der Waals surface area contributed by atoms with E-state index in [1.54, 1.807) is 36.4 Å². The van der Waals surface area contributed by atoms with E-state index in [0.717, 1.165) is 11.1 Å². The minimum atomic E-state index is -0.293. The number of benzene rings is 2. The van der Waals surface area contributed by atoms with E-state index in [0.29, 0.717) is 57.1 Å². The highest BCUT2D eigenvalue weighted by Gasteiger charge is 2.28. The molecule has 0 aliphatic carbocycles. The summed E-state index contributed by atoms with van der Waals surface area (Å²) in [4.78, 5) is 17.9. The van der Waals surface area contributed by atoms with Crippen molar-refractivity contribution in [3.8, 4) is 0 Å². The normalized spacial score (nSPS) is 14.1. The Morgan fingerprint density at radius 1 is 0.889 bits per heavy atom. The Morgan fingerprint density at radius 3 is 2.00 bits per heavy atom. The number of hydrogen-bond donors (Lipinski definition) is 2. The number of nitrogens with two attached hydrogens (primary N) is 1. The number of hydrogen-bond acceptors (Lipinski definition) is 8. The molecule has 1 aliphatic rings. The molecule has 0 unspecified atom stereocenters. The Hall–Kier alpha value is -3.89. The van der Waals surface area contributed by atoms with E-state index in [2.05, 4.69) is 43.2 Å². The molecule has 4 rings (SSSR count). The van der Waals surface area contributed by atoms with Gasteiger partial charge >= 0.3 is 0 Å². The maximum atomic E-state index is 13.6. The Labute approximate surface area is 209 Å². The molecule has 188 valence electrons. The summed E-state index contributed by atoms with van der Waals surface area (Å²) in [5.74, 6) is 6.77. The molecule has 0 amide bonds. The van der Waals surface area contributed by atoms with Crippen LogP contribution in [0.2, 0.25) is 0 Å². The number of halogens is 2. The van der Waals surface area contributed by atoms with Crippen LogP contribution in [-0.2, 0) is 0 Å². The van der Waals surface area contributed by atoms with Gasteiger partial charge in [-0.2, -0.15) is 15.0 Å². The predicted molar refractivity (Wildman–Crippen MR) is 139 cm³/mol. The first-order chi connectivity index (χ1) is 17.5. The fourth-order valence-electron chi connectivity index (χ4n) is 4.17. The minimum Gasteiger partial charge on any atom is -0.351 e. The zero-order valence-electron chi connectivity index (χ0n) is 20.0. The highest BCUT2D eigenvalue weighted by atomic mass is 19.1. The lowest BCUT2D eigenvalue weighted by molar-refractivity contribution is 0.211. The molecule has 1 aliphatic heterocycles. The fraction of sp³-hybridized carbons (Fsp3) is 0.269. The van der Waals surface area contributed by atoms with E-state index >= 15 is 0 Å². The topological polar surface area (TPSA) is 86.4 Å². The molecule has 2 heterocycles. The Balaban J connectivity index is 1.56. The van der Waals surface area contributed by atoms with E-state index < -0.39 is 0 Å². The third kappa shape index (κ3) is 6.02. The van der Waals surface area contributed by atoms with Crippen molar-refractivity contribution in [1.82, 2.24) is 19.9 Å². The average Bonchev–Trinajstić information content (AvgIpc) is 2.90. The van der Waals surface area contributed by atoms with E-state index in [-0.39, 0.29) is 17.7 Å². The van der Waals surface area contributed by atoms with Crippen LogP contribution >= 0.6 is 0 Å². The summed E-state index contributed by atoms with van der Waals surface area (Å²) in [6.07, 6.45) is 3.39. The molecule has 0 bridgehead atoms. The number of nitrogens with zero attached hydrogens (tertiary/aromatic N) is 6. The van der Waals surface area contributed by atoms with E-state index in [1.807, 2.05) is 0 Å². The van der Waals surface area contributed by atoms with Crippen LogP contribution in [0, 0.1) is 11.6 Å². The van der Waals surface area contributed by atoms with Crippen molar-refractivity contribution >= 4 is 17.8 Å². The monoisotopic (exact) mass is 492 g/mol. The molecule has 1 aromatic heterocycles. The molecule has 36 heavy (non-hydrogen) atoms. The molecule has 3 N–H and O–H groups in total. The van der Waals surface area contributed by atoms with Crippen LogP contribution in [0.15, 0.2) is 73.8 Å². The summed E-state index contributed by atoms with van der Waals surface area (Å²) >= 11 is 0. The number of hydrazine groups is 1. The zero-order chi connectivity index (χ0) is 25.5. The Kier molecular flexibility index (Phi) is 8.19. The van der Waals surface area contributed by atoms with Crippen molar-refractivity contribution in [3.63, 3.8) is 0 Å². The average molecular weight is 493 g/mol. The van der Waals surface area contributed by atoms with Crippen molar-refractivity contribution in [2.75, 3.05) is 54.5 Å². The first-order valence-corrected chi connectivity index (χ1v) is 11.7. The van der Waals surface area contributed by atoms with Gasteiger partial charge in [0.25, 0.3) is 0 Å². The molecule has 2 aromatic carbocycles. The van der Waals surface area contributed by atoms with Crippen LogP contribution in [-0.4, -0.2) is 59.1 Å². The Morgan fingerprint density at radius 2 is 1.47 bits per heavy atom. The smallest absolute Gasteiger partial charge is 0.246 e. The molecule has 8 nitrogen and oxygen atoms in total. The van der Waals surface area contributed by atoms with Gasteiger partial charge in [-0.3, -0.25) is 9.91 Å². The van der Waals surface area contributed by atoms with Crippen LogP contribution in [0.4, 0.5) is 26.6 Å². The van der Waals surface area contributed by atoms with Crippen molar-refractivity contribution < 1.29 is 8.78 Å². The summed E-state index contributed by atoms with van der Waals surface area (Å²) in [5.41, 5.74) is 1.89. The third-order valence-corrected chi connectivity index (χ3v) is 5.93. The summed E-state index contributed by atoms with van der Waals surface area (Å²) in [7, 11) is 0. The lowest BCUT2D eigenvalue weighted by Crippen LogP contribution is -2.48. The predicted octanol–water partition coefficient (Wildman–Crippen LogP) is 3.53. The van der Waals surface area contributed by atoms with Crippen LogP contribution in [0.25, 0.3) is 0 Å². The van der Waals surface area contributed by atoms with Crippen LogP contribution in [0.3, 0.4) is 0 Å². The van der Waals surface area contributed by atoms with Crippen molar-refractivity contribution in [3.05, 3.63) is 96.6 Å². The van der Waals surface area contributed by atoms with Crippen LogP contribution < -0.4 is 21.1 Å². The SMILES string of the molecule is C=CCNc1nc(N(N)CC=C)nc(N2CCN(C(c3ccc(F)cc3)c3ccc(F)cc3)CC2)n1. The lowest BCUT2D eigenvalue weighted by Gasteiger charge is -2.40. The summed E-state index contributed by atoms with van der Waals surface area (Å²) < 4.78 is 27.2. The Bertz CT molecular complexity index is 1120. The molecule has 0 atom stereocenters. The number of piperazine rings is 1. The second-order valence-corrected chi connectivity index (χ2v) is 8.40. The molecule has 0 saturated carbocycles. The van der Waals surface area contributed by atoms with E-state index in [9.17, 15) is 8.78 Å². The van der Waals surface area contributed by atoms with Crippen molar-refractivity contribution in [1.29, 1.82) is 0 Å². The lowest BCUT2D eigenvalue weighted by atomic mass is 9.96. The number of aromatic nitrogens is 3. The molecular weight excluding hydrogens is 462 g/mol. The van der Waals surface area contributed by atoms with Gasteiger partial charge in [-0.25, -0.2) is 14.6 Å². The highest BCUT2D eigenvalue weighted by Crippen LogP contribution is 2.30. The summed E-state index contributed by atoms with van der Waals surface area (Å²) in [5, 5.41) is 4.51. The fourth-order valence-corrected chi connectivity index (χ4v) is 4.17. The van der Waals surface area contributed by atoms with E-state index in [4.69, 9.17) is 5.84 Å². The maximum absolute atomic E-state index is 13.6. The first kappa shape index (κ1) is 25.2. The van der Waals surface area contributed by atoms with Crippen molar-refractivity contribution in [2.24, 2.45) is 5.84 Å². The number of rotatable bonds is 10. The summed E-state index contributed by atoms with van der Waals surface area (Å²) in [6.45, 7) is 11.0. The standard InChI is InChI=1S/C26H30F2N8/c1-3-13-30-24-31-25(33-26(32-24)36(29)14-4-2)35-17-15-34(16-18-35)23(19-5-9-21(27)10-6-19)20-7-11-22(28)12-8-20/h3-12,23H,1-2,13-18,29H2,(H,30,31,32,33). The van der Waals surface area contributed by atoms with Gasteiger partial charge in [0.15, 0.2) is 0 Å². The molecule has 0 radical (unpaired) electrons. The van der Waals surface area contributed by atoms with Gasteiger partial charge in [-0.05, 0) is 35.4 Å². The quantitative estimate of drug-likeness (QED) is 0.253. The largest absolute Gasteiger partial charge is 0.351 e. The molecule has 3 aromatic rings. The zero-order valence-corrected chi connectivity index (χ0v) is 20.0. The maximum Gasteiger partial charge on any atom is 0.246 e. The van der Waals surface area contributed by atoms with Gasteiger partial charge in [0.05, 0.1) is 12.6 Å². The van der Waals surface area contributed by atoms with Gasteiger partial charge in [0.1, 0.15) is 11.6 Å². The van der Waals surface area contributed by atoms with Gasteiger partial charge in [0.2, 0.25) is 17.8 Å². The molecule has 1 saturated heterocycles. The molecule has 0 spiro atoms. The van der Waals surface area contributed by atoms with Gasteiger partial charge in [-0.1, -0.05) is 36.4 Å². The third-order valence-electron chi connectivity index (χ3n) is 5.93. The number of anilines is 3. The van der Waals surface area contributed by atoms with Gasteiger partial charge < -0.3 is 10.2 Å². The minimum absolute atomic E-state index is 0.140. The molecular formula is C26H30F2N8. The first-order valence-electron chi connectivity index (χ1n) is 11.7. The number of nitrogens with one attached hydrogen (secondary N) is 1. The second kappa shape index (κ2) is 11.7. The second-order valence-electron chi connectivity index (χ2n) is 8.40. The van der Waals surface area contributed by atoms with Crippen molar-refractivity contribution in [2.45, 2.75) is 6.04 Å². The van der Waals surface area contributed by atoms with Gasteiger partial charge in [0, 0.05) is 32.7 Å². The van der Waals surface area contributed by atoms with Crippen LogP contribution in [0.1, 0.15) is 17.2 Å². The van der Waals surface area contributed by atoms with Crippen LogP contribution in [0.5, 0.6) is 0 Å². The van der Waals surface area contributed by atoms with E-state index in [1.165, 1.54) is 29.3 Å². The summed E-state index contributed by atoms with van der Waals surface area (Å²) in [6, 6.07) is 12.8. The molecule has 1 fully saturated rings.